The highest BCUT2D eigenvalue weighted by Crippen LogP contribution is 2.39. The summed E-state index contributed by atoms with van der Waals surface area (Å²) < 4.78 is 1.54. The van der Waals surface area contributed by atoms with E-state index in [1.165, 1.54) is 23.1 Å². The zero-order chi connectivity index (χ0) is 19.3. The van der Waals surface area contributed by atoms with E-state index in [0.717, 1.165) is 29.8 Å². The Labute approximate surface area is 172 Å². The molecule has 0 aliphatic heterocycles. The second kappa shape index (κ2) is 6.91. The summed E-state index contributed by atoms with van der Waals surface area (Å²) in [7, 11) is 0. The van der Waals surface area contributed by atoms with Crippen molar-refractivity contribution in [3.8, 4) is 11.1 Å². The van der Waals surface area contributed by atoms with Gasteiger partial charge >= 0.3 is 0 Å². The van der Waals surface area contributed by atoms with E-state index in [0.29, 0.717) is 37.9 Å². The highest BCUT2D eigenvalue weighted by molar-refractivity contribution is 7.98. The molecular formula is C18H15ClN6OS2. The first-order valence-corrected chi connectivity index (χ1v) is 10.9. The van der Waals surface area contributed by atoms with Crippen molar-refractivity contribution >= 4 is 44.9 Å². The number of hydrogen-bond acceptors (Lipinski definition) is 7. The lowest BCUT2D eigenvalue weighted by molar-refractivity contribution is 0.789. The number of H-pyrrole nitrogens is 1. The van der Waals surface area contributed by atoms with Gasteiger partial charge in [0.15, 0.2) is 5.82 Å². The van der Waals surface area contributed by atoms with Gasteiger partial charge in [0.1, 0.15) is 10.7 Å². The molecule has 0 amide bonds. The second-order valence-corrected chi connectivity index (χ2v) is 8.80. The maximum Gasteiger partial charge on any atom is 0.260 e. The molecule has 3 aromatic heterocycles. The zero-order valence-electron chi connectivity index (χ0n) is 14.6. The van der Waals surface area contributed by atoms with Crippen molar-refractivity contribution in [3.63, 3.8) is 0 Å². The Morgan fingerprint density at radius 3 is 2.89 bits per heavy atom. The van der Waals surface area contributed by atoms with Crippen molar-refractivity contribution in [2.75, 3.05) is 5.84 Å². The van der Waals surface area contributed by atoms with Crippen molar-refractivity contribution in [1.82, 2.24) is 24.8 Å². The monoisotopic (exact) mass is 430 g/mol. The highest BCUT2D eigenvalue weighted by atomic mass is 35.5. The molecule has 5 rings (SSSR count). The predicted molar refractivity (Wildman–Crippen MR) is 112 cm³/mol. The summed E-state index contributed by atoms with van der Waals surface area (Å²) in [6.45, 7) is 0. The van der Waals surface area contributed by atoms with Crippen molar-refractivity contribution < 1.29 is 0 Å². The number of benzene rings is 1. The summed E-state index contributed by atoms with van der Waals surface area (Å²) in [6.07, 6.45) is 2.22. The van der Waals surface area contributed by atoms with E-state index in [9.17, 15) is 4.79 Å². The SMILES string of the molecule is Nn1c(SCc2nc3scc(-c4ccccc4Cl)c3c(=O)[nH]2)nnc1C1CC1. The lowest BCUT2D eigenvalue weighted by Crippen LogP contribution is -2.14. The Morgan fingerprint density at radius 1 is 1.29 bits per heavy atom. The van der Waals surface area contributed by atoms with Crippen LogP contribution >= 0.6 is 34.7 Å². The number of thioether (sulfide) groups is 1. The summed E-state index contributed by atoms with van der Waals surface area (Å²) in [5, 5.41) is 12.0. The third-order valence-corrected chi connectivity index (χ3v) is 6.78. The average Bonchev–Trinajstić information content (AvgIpc) is 3.33. The van der Waals surface area contributed by atoms with Crippen LogP contribution in [-0.4, -0.2) is 24.8 Å². The van der Waals surface area contributed by atoms with Gasteiger partial charge in [0.25, 0.3) is 5.56 Å². The van der Waals surface area contributed by atoms with E-state index in [1.807, 2.05) is 29.6 Å². The number of hydrogen-bond donors (Lipinski definition) is 2. The number of aromatic amines is 1. The first kappa shape index (κ1) is 17.7. The van der Waals surface area contributed by atoms with Crippen molar-refractivity contribution in [1.29, 1.82) is 0 Å². The fraction of sp³-hybridized carbons (Fsp3) is 0.222. The lowest BCUT2D eigenvalue weighted by Gasteiger charge is -2.04. The summed E-state index contributed by atoms with van der Waals surface area (Å²) >= 11 is 9.14. The number of fused-ring (bicyclic) bond motifs is 1. The van der Waals surface area contributed by atoms with E-state index in [-0.39, 0.29) is 5.56 Å². The molecule has 1 fully saturated rings. The highest BCUT2D eigenvalue weighted by Gasteiger charge is 2.30. The topological polar surface area (TPSA) is 102 Å². The predicted octanol–water partition coefficient (Wildman–Crippen LogP) is 3.78. The Morgan fingerprint density at radius 2 is 2.11 bits per heavy atom. The molecule has 3 heterocycles. The van der Waals surface area contributed by atoms with Crippen molar-refractivity contribution in [3.05, 3.63) is 56.7 Å². The van der Waals surface area contributed by atoms with Gasteiger partial charge in [-0.1, -0.05) is 41.6 Å². The van der Waals surface area contributed by atoms with Crippen LogP contribution in [0, 0.1) is 0 Å². The summed E-state index contributed by atoms with van der Waals surface area (Å²) in [6, 6.07) is 7.48. The molecule has 1 aromatic carbocycles. The molecule has 0 unspecified atom stereocenters. The molecule has 7 nitrogen and oxygen atoms in total. The fourth-order valence-corrected chi connectivity index (χ4v) is 5.01. The first-order chi connectivity index (χ1) is 13.6. The number of nitrogen functional groups attached to an aromatic ring is 1. The molecule has 3 N–H and O–H groups in total. The quantitative estimate of drug-likeness (QED) is 0.369. The van der Waals surface area contributed by atoms with Gasteiger partial charge in [-0.05, 0) is 18.9 Å². The van der Waals surface area contributed by atoms with E-state index >= 15 is 0 Å². The minimum Gasteiger partial charge on any atom is -0.336 e. The number of rotatable bonds is 5. The largest absolute Gasteiger partial charge is 0.336 e. The van der Waals surface area contributed by atoms with Gasteiger partial charge in [-0.15, -0.1) is 21.5 Å². The van der Waals surface area contributed by atoms with Crippen LogP contribution in [0.15, 0.2) is 39.6 Å². The Kier molecular flexibility index (Phi) is 4.37. The van der Waals surface area contributed by atoms with Gasteiger partial charge in [0.05, 0.1) is 11.1 Å². The zero-order valence-corrected chi connectivity index (χ0v) is 16.9. The van der Waals surface area contributed by atoms with Crippen LogP contribution < -0.4 is 11.4 Å². The number of nitrogens with one attached hydrogen (secondary N) is 1. The van der Waals surface area contributed by atoms with Crippen molar-refractivity contribution in [2.24, 2.45) is 0 Å². The van der Waals surface area contributed by atoms with Gasteiger partial charge in [-0.3, -0.25) is 4.79 Å². The average molecular weight is 431 g/mol. The van der Waals surface area contributed by atoms with Crippen LogP contribution in [0.5, 0.6) is 0 Å². The maximum atomic E-state index is 12.7. The number of nitrogens with zero attached hydrogens (tertiary/aromatic N) is 4. The molecule has 0 spiro atoms. The molecule has 28 heavy (non-hydrogen) atoms. The van der Waals surface area contributed by atoms with Crippen LogP contribution in [0.1, 0.15) is 30.4 Å². The molecule has 142 valence electrons. The minimum atomic E-state index is -0.176. The van der Waals surface area contributed by atoms with Gasteiger partial charge in [-0.2, -0.15) is 0 Å². The van der Waals surface area contributed by atoms with Gasteiger partial charge < -0.3 is 10.8 Å². The minimum absolute atomic E-state index is 0.176. The molecule has 1 aliphatic rings. The van der Waals surface area contributed by atoms with Gasteiger partial charge in [0, 0.05) is 27.4 Å². The van der Waals surface area contributed by atoms with Crippen LogP contribution in [0.25, 0.3) is 21.3 Å². The van der Waals surface area contributed by atoms with Gasteiger partial charge in [0.2, 0.25) is 5.16 Å². The second-order valence-electron chi connectivity index (χ2n) is 6.60. The summed E-state index contributed by atoms with van der Waals surface area (Å²) in [4.78, 5) is 20.9. The number of halogens is 1. The maximum absolute atomic E-state index is 12.7. The Hall–Kier alpha value is -2.36. The number of aromatic nitrogens is 5. The fourth-order valence-electron chi connectivity index (χ4n) is 3.08. The standard InChI is InChI=1S/C18H15ClN6OS2/c19-12-4-2-1-3-10(12)11-7-27-17-14(11)16(26)21-13(22-17)8-28-18-24-23-15(25(18)20)9-5-6-9/h1-4,7,9H,5-6,8,20H2,(H,21,22,26). The number of nitrogens with two attached hydrogens (primary N) is 1. The van der Waals surface area contributed by atoms with Gasteiger partial charge in [-0.25, -0.2) is 9.66 Å². The van der Waals surface area contributed by atoms with Crippen LogP contribution in [0.2, 0.25) is 5.02 Å². The number of thiophene rings is 1. The van der Waals surface area contributed by atoms with Crippen molar-refractivity contribution in [2.45, 2.75) is 29.7 Å². The summed E-state index contributed by atoms with van der Waals surface area (Å²) in [5.41, 5.74) is 1.45. The summed E-state index contributed by atoms with van der Waals surface area (Å²) in [5.74, 6) is 8.35. The molecule has 0 saturated heterocycles. The Balaban J connectivity index is 1.44. The molecule has 0 radical (unpaired) electrons. The third-order valence-electron chi connectivity index (χ3n) is 4.63. The van der Waals surface area contributed by atoms with Crippen LogP contribution in [-0.2, 0) is 5.75 Å². The molecule has 0 bridgehead atoms. The van der Waals surface area contributed by atoms with Crippen LogP contribution in [0.3, 0.4) is 0 Å². The lowest BCUT2D eigenvalue weighted by atomic mass is 10.1. The van der Waals surface area contributed by atoms with E-state index in [1.54, 1.807) is 4.68 Å². The molecule has 0 atom stereocenters. The van der Waals surface area contributed by atoms with E-state index in [2.05, 4.69) is 20.2 Å². The molecule has 10 heteroatoms. The molecule has 1 aliphatic carbocycles. The molecule has 4 aromatic rings. The van der Waals surface area contributed by atoms with E-state index in [4.69, 9.17) is 17.4 Å². The van der Waals surface area contributed by atoms with E-state index < -0.39 is 0 Å². The third kappa shape index (κ3) is 3.09. The van der Waals surface area contributed by atoms with Crippen LogP contribution in [0.4, 0.5) is 0 Å². The smallest absolute Gasteiger partial charge is 0.260 e. The Bertz CT molecular complexity index is 1240. The normalized spacial score (nSPS) is 14.0. The first-order valence-electron chi connectivity index (χ1n) is 8.70. The molecule has 1 saturated carbocycles. The molecular weight excluding hydrogens is 416 g/mol.